The summed E-state index contributed by atoms with van der Waals surface area (Å²) >= 11 is 0. The van der Waals surface area contributed by atoms with Gasteiger partial charge in [-0.1, -0.05) is 48.5 Å². The van der Waals surface area contributed by atoms with Gasteiger partial charge in [0.05, 0.1) is 6.04 Å². The Morgan fingerprint density at radius 3 is 2.77 bits per heavy atom. The molecule has 1 amide bonds. The van der Waals surface area contributed by atoms with Crippen molar-refractivity contribution < 1.29 is 14.3 Å². The van der Waals surface area contributed by atoms with Crippen LogP contribution in [0.4, 0.5) is 0 Å². The molecule has 1 atom stereocenters. The molecule has 130 valence electrons. The smallest absolute Gasteiger partial charge is 0.244 e. The summed E-state index contributed by atoms with van der Waals surface area (Å²) in [4.78, 5) is 12.3. The Morgan fingerprint density at radius 2 is 1.85 bits per heavy atom. The van der Waals surface area contributed by atoms with Crippen molar-refractivity contribution in [3.63, 3.8) is 0 Å². The maximum atomic E-state index is 12.3. The van der Waals surface area contributed by atoms with Gasteiger partial charge in [-0.15, -0.1) is 0 Å². The molecule has 0 aliphatic carbocycles. The molecule has 4 heteroatoms. The molecule has 1 aliphatic heterocycles. The summed E-state index contributed by atoms with van der Waals surface area (Å²) < 4.78 is 10.7. The van der Waals surface area contributed by atoms with Crippen LogP contribution in [-0.4, -0.2) is 12.7 Å². The molecule has 0 saturated carbocycles. The molecule has 0 bridgehead atoms. The summed E-state index contributed by atoms with van der Waals surface area (Å²) in [5.41, 5.74) is 2.00. The van der Waals surface area contributed by atoms with Crippen molar-refractivity contribution in [2.75, 3.05) is 6.79 Å². The van der Waals surface area contributed by atoms with Crippen molar-refractivity contribution in [3.05, 3.63) is 77.9 Å². The van der Waals surface area contributed by atoms with Gasteiger partial charge in [0.25, 0.3) is 0 Å². The Bertz CT molecular complexity index is 988. The zero-order valence-corrected chi connectivity index (χ0v) is 14.4. The Hall–Kier alpha value is -3.27. The molecule has 26 heavy (non-hydrogen) atoms. The lowest BCUT2D eigenvalue weighted by Gasteiger charge is -2.13. The quantitative estimate of drug-likeness (QED) is 0.710. The van der Waals surface area contributed by atoms with E-state index in [1.54, 1.807) is 6.08 Å². The van der Waals surface area contributed by atoms with Crippen LogP contribution < -0.4 is 14.8 Å². The maximum Gasteiger partial charge on any atom is 0.244 e. The van der Waals surface area contributed by atoms with Gasteiger partial charge in [-0.05, 0) is 47.0 Å². The van der Waals surface area contributed by atoms with Crippen LogP contribution in [0.2, 0.25) is 0 Å². The summed E-state index contributed by atoms with van der Waals surface area (Å²) in [7, 11) is 0. The number of hydrogen-bond donors (Lipinski definition) is 1. The first-order chi connectivity index (χ1) is 12.7. The fraction of sp³-hybridized carbons (Fsp3) is 0.136. The Labute approximate surface area is 152 Å². The average Bonchev–Trinajstić information content (AvgIpc) is 3.14. The van der Waals surface area contributed by atoms with Gasteiger partial charge >= 0.3 is 0 Å². The van der Waals surface area contributed by atoms with E-state index in [9.17, 15) is 4.79 Å². The van der Waals surface area contributed by atoms with E-state index < -0.39 is 0 Å². The van der Waals surface area contributed by atoms with Gasteiger partial charge in [-0.2, -0.15) is 0 Å². The third-order valence-electron chi connectivity index (χ3n) is 4.49. The normalized spacial score (nSPS) is 13.9. The lowest BCUT2D eigenvalue weighted by Crippen LogP contribution is -2.24. The van der Waals surface area contributed by atoms with Crippen molar-refractivity contribution in [1.29, 1.82) is 0 Å². The van der Waals surface area contributed by atoms with E-state index in [1.165, 1.54) is 0 Å². The van der Waals surface area contributed by atoms with Gasteiger partial charge in [0, 0.05) is 6.08 Å². The average molecular weight is 345 g/mol. The summed E-state index contributed by atoms with van der Waals surface area (Å²) in [6.07, 6.45) is 3.43. The number of amides is 1. The topological polar surface area (TPSA) is 47.6 Å². The maximum absolute atomic E-state index is 12.3. The molecule has 1 heterocycles. The third kappa shape index (κ3) is 3.26. The van der Waals surface area contributed by atoms with E-state index >= 15 is 0 Å². The molecule has 4 nitrogen and oxygen atoms in total. The fourth-order valence-corrected chi connectivity index (χ4v) is 3.09. The van der Waals surface area contributed by atoms with Crippen LogP contribution in [0.3, 0.4) is 0 Å². The van der Waals surface area contributed by atoms with E-state index in [0.717, 1.165) is 33.4 Å². The van der Waals surface area contributed by atoms with E-state index in [4.69, 9.17) is 9.47 Å². The first kappa shape index (κ1) is 16.2. The lowest BCUT2D eigenvalue weighted by molar-refractivity contribution is -0.117. The fourth-order valence-electron chi connectivity index (χ4n) is 3.09. The summed E-state index contributed by atoms with van der Waals surface area (Å²) in [6.45, 7) is 2.19. The van der Waals surface area contributed by atoms with Gasteiger partial charge in [-0.25, -0.2) is 0 Å². The van der Waals surface area contributed by atoms with Gasteiger partial charge in [0.2, 0.25) is 12.7 Å². The van der Waals surface area contributed by atoms with Crippen molar-refractivity contribution in [2.45, 2.75) is 13.0 Å². The molecule has 0 aromatic heterocycles. The number of fused-ring (bicyclic) bond motifs is 2. The largest absolute Gasteiger partial charge is 0.454 e. The zero-order chi connectivity index (χ0) is 17.9. The molecule has 1 N–H and O–H groups in total. The third-order valence-corrected chi connectivity index (χ3v) is 4.49. The summed E-state index contributed by atoms with van der Waals surface area (Å²) in [5.74, 6) is 1.32. The number of nitrogens with one attached hydrogen (secondary N) is 1. The highest BCUT2D eigenvalue weighted by atomic mass is 16.7. The van der Waals surface area contributed by atoms with Crippen LogP contribution in [0, 0.1) is 0 Å². The highest BCUT2D eigenvalue weighted by molar-refractivity contribution is 5.96. The molecule has 0 fully saturated rings. The van der Waals surface area contributed by atoms with Crippen LogP contribution in [0.5, 0.6) is 11.5 Å². The molecule has 3 aromatic carbocycles. The first-order valence-corrected chi connectivity index (χ1v) is 8.56. The Kier molecular flexibility index (Phi) is 4.32. The highest BCUT2D eigenvalue weighted by Gasteiger charge is 2.16. The number of carbonyl (C=O) groups is 1. The molecular weight excluding hydrogens is 326 g/mol. The van der Waals surface area contributed by atoms with Crippen LogP contribution in [0.1, 0.15) is 24.1 Å². The summed E-state index contributed by atoms with van der Waals surface area (Å²) in [5, 5.41) is 5.27. The number of ether oxygens (including phenoxy) is 2. The van der Waals surface area contributed by atoms with E-state index in [0.29, 0.717) is 0 Å². The highest BCUT2D eigenvalue weighted by Crippen LogP contribution is 2.34. The SMILES string of the molecule is CC(NC(=O)/C=C/c1cccc2ccccc12)c1ccc2c(c1)OCO2. The van der Waals surface area contributed by atoms with E-state index in [1.807, 2.05) is 55.5 Å². The molecule has 1 aliphatic rings. The number of hydrogen-bond acceptors (Lipinski definition) is 3. The first-order valence-electron chi connectivity index (χ1n) is 8.56. The van der Waals surface area contributed by atoms with Crippen LogP contribution in [0.25, 0.3) is 16.8 Å². The molecule has 1 unspecified atom stereocenters. The predicted octanol–water partition coefficient (Wildman–Crippen LogP) is 4.46. The van der Waals surface area contributed by atoms with Gasteiger partial charge < -0.3 is 14.8 Å². The lowest BCUT2D eigenvalue weighted by atomic mass is 10.0. The van der Waals surface area contributed by atoms with Crippen LogP contribution in [0.15, 0.2) is 66.7 Å². The van der Waals surface area contributed by atoms with Crippen LogP contribution >= 0.6 is 0 Å². The monoisotopic (exact) mass is 345 g/mol. The second kappa shape index (κ2) is 6.92. The Morgan fingerprint density at radius 1 is 1.04 bits per heavy atom. The molecule has 0 saturated heterocycles. The molecule has 3 aromatic rings. The standard InChI is InChI=1S/C22H19NO3/c1-15(18-9-11-20-21(13-18)26-14-25-20)23-22(24)12-10-17-7-4-6-16-5-2-3-8-19(16)17/h2-13,15H,14H2,1H3,(H,23,24)/b12-10+. The molecule has 4 rings (SSSR count). The molecular formula is C22H19NO3. The van der Waals surface area contributed by atoms with Crippen LogP contribution in [-0.2, 0) is 4.79 Å². The number of benzene rings is 3. The molecule has 0 radical (unpaired) electrons. The van der Waals surface area contributed by atoms with Crippen molar-refractivity contribution in [1.82, 2.24) is 5.32 Å². The van der Waals surface area contributed by atoms with Gasteiger partial charge in [0.15, 0.2) is 11.5 Å². The second-order valence-corrected chi connectivity index (χ2v) is 6.24. The van der Waals surface area contributed by atoms with Crippen molar-refractivity contribution >= 4 is 22.8 Å². The number of carbonyl (C=O) groups excluding carboxylic acids is 1. The minimum absolute atomic E-state index is 0.130. The molecule has 0 spiro atoms. The number of rotatable bonds is 4. The minimum atomic E-state index is -0.136. The van der Waals surface area contributed by atoms with E-state index in [-0.39, 0.29) is 18.7 Å². The Balaban J connectivity index is 1.47. The van der Waals surface area contributed by atoms with E-state index in [2.05, 4.69) is 23.5 Å². The van der Waals surface area contributed by atoms with Crippen molar-refractivity contribution in [3.8, 4) is 11.5 Å². The second-order valence-electron chi connectivity index (χ2n) is 6.24. The predicted molar refractivity (Wildman–Crippen MR) is 102 cm³/mol. The van der Waals surface area contributed by atoms with Crippen molar-refractivity contribution in [2.24, 2.45) is 0 Å². The minimum Gasteiger partial charge on any atom is -0.454 e. The van der Waals surface area contributed by atoms with Gasteiger partial charge in [0.1, 0.15) is 0 Å². The summed E-state index contributed by atoms with van der Waals surface area (Å²) in [6, 6.07) is 19.8. The van der Waals surface area contributed by atoms with Gasteiger partial charge in [-0.3, -0.25) is 4.79 Å². The zero-order valence-electron chi connectivity index (χ0n) is 14.4.